The van der Waals surface area contributed by atoms with E-state index in [0.29, 0.717) is 11.7 Å². The highest BCUT2D eigenvalue weighted by Crippen LogP contribution is 2.40. The highest BCUT2D eigenvalue weighted by Gasteiger charge is 2.41. The Balaban J connectivity index is 0.000000325. The minimum absolute atomic E-state index is 0.0541. The number of amides is 1. The first-order chi connectivity index (χ1) is 15.5. The SMILES string of the molecule is Cn1ccnc1C1=CC2CCC(C1)N2C(=O)c1cc(=O)[nH]c(C2CC2)n1.O=C(O)C(F)(F)F. The lowest BCUT2D eigenvalue weighted by Gasteiger charge is -2.33. The lowest BCUT2D eigenvalue weighted by Crippen LogP contribution is -2.43. The standard InChI is InChI=1S/C19H21N5O2.C2HF3O2/c1-23-7-6-20-18(23)12-8-13-4-5-14(9-12)24(13)19(26)15-10-16(25)22-17(21-15)11-2-3-11;3-2(4,5)1(6)7/h6-8,10-11,13-14H,2-5,9H2,1H3,(H,21,22,25);(H,6,7). The second kappa shape index (κ2) is 8.49. The van der Waals surface area contributed by atoms with E-state index in [2.05, 4.69) is 21.0 Å². The Hall–Kier alpha value is -3.44. The van der Waals surface area contributed by atoms with E-state index in [1.54, 1.807) is 6.20 Å². The number of imidazole rings is 1. The number of hydrogen-bond acceptors (Lipinski definition) is 5. The summed E-state index contributed by atoms with van der Waals surface area (Å²) in [5.41, 5.74) is 1.24. The van der Waals surface area contributed by atoms with Gasteiger partial charge in [0.15, 0.2) is 0 Å². The summed E-state index contributed by atoms with van der Waals surface area (Å²) in [7, 11) is 1.99. The van der Waals surface area contributed by atoms with Crippen molar-refractivity contribution in [1.29, 1.82) is 0 Å². The van der Waals surface area contributed by atoms with Crippen molar-refractivity contribution < 1.29 is 27.9 Å². The molecule has 0 spiro atoms. The number of aliphatic carboxylic acids is 1. The van der Waals surface area contributed by atoms with Gasteiger partial charge in [0, 0.05) is 37.5 Å². The average molecular weight is 465 g/mol. The molecule has 2 bridgehead atoms. The molecule has 5 rings (SSSR count). The Bertz CT molecular complexity index is 1170. The quantitative estimate of drug-likeness (QED) is 0.719. The zero-order chi connectivity index (χ0) is 23.9. The first kappa shape index (κ1) is 22.7. The number of nitrogens with zero attached hydrogens (tertiary/aromatic N) is 4. The monoisotopic (exact) mass is 465 g/mol. The number of carbonyl (C=O) groups excluding carboxylic acids is 1. The third-order valence-electron chi connectivity index (χ3n) is 5.92. The summed E-state index contributed by atoms with van der Waals surface area (Å²) in [4.78, 5) is 47.6. The summed E-state index contributed by atoms with van der Waals surface area (Å²) >= 11 is 0. The van der Waals surface area contributed by atoms with Crippen LogP contribution in [0.5, 0.6) is 0 Å². The molecule has 176 valence electrons. The second-order valence-corrected chi connectivity index (χ2v) is 8.36. The van der Waals surface area contributed by atoms with Gasteiger partial charge in [0.1, 0.15) is 17.3 Å². The van der Waals surface area contributed by atoms with Gasteiger partial charge in [-0.3, -0.25) is 9.59 Å². The van der Waals surface area contributed by atoms with Gasteiger partial charge in [-0.05, 0) is 37.7 Å². The van der Waals surface area contributed by atoms with E-state index in [4.69, 9.17) is 9.90 Å². The maximum absolute atomic E-state index is 13.1. The van der Waals surface area contributed by atoms with Gasteiger partial charge in [0.25, 0.3) is 11.5 Å². The Labute approximate surface area is 186 Å². The molecule has 1 saturated heterocycles. The molecule has 1 saturated carbocycles. The fourth-order valence-electron chi connectivity index (χ4n) is 4.26. The number of aromatic nitrogens is 4. The molecule has 2 aromatic rings. The molecule has 4 heterocycles. The van der Waals surface area contributed by atoms with Crippen molar-refractivity contribution in [2.24, 2.45) is 7.05 Å². The van der Waals surface area contributed by atoms with Gasteiger partial charge >= 0.3 is 12.1 Å². The van der Waals surface area contributed by atoms with Gasteiger partial charge < -0.3 is 19.6 Å². The maximum Gasteiger partial charge on any atom is 0.490 e. The van der Waals surface area contributed by atoms with Crippen LogP contribution in [0.4, 0.5) is 13.2 Å². The summed E-state index contributed by atoms with van der Waals surface area (Å²) in [6.45, 7) is 0. The lowest BCUT2D eigenvalue weighted by atomic mass is 10.00. The molecule has 12 heteroatoms. The van der Waals surface area contributed by atoms with Crippen LogP contribution in [-0.4, -0.2) is 59.7 Å². The fourth-order valence-corrected chi connectivity index (χ4v) is 4.26. The van der Waals surface area contributed by atoms with Gasteiger partial charge in [-0.1, -0.05) is 6.08 Å². The molecule has 2 N–H and O–H groups in total. The van der Waals surface area contributed by atoms with Crippen LogP contribution in [0.25, 0.3) is 5.57 Å². The Kier molecular flexibility index (Phi) is 5.85. The number of halogens is 3. The molecule has 0 radical (unpaired) electrons. The number of alkyl halides is 3. The predicted octanol–water partition coefficient (Wildman–Crippen LogP) is 2.47. The molecular formula is C21H22F3N5O4. The minimum atomic E-state index is -5.08. The molecule has 0 aromatic carbocycles. The number of carboxylic acid groups (broad SMARTS) is 1. The summed E-state index contributed by atoms with van der Waals surface area (Å²) < 4.78 is 33.8. The number of aromatic amines is 1. The third-order valence-corrected chi connectivity index (χ3v) is 5.92. The predicted molar refractivity (Wildman–Crippen MR) is 109 cm³/mol. The molecule has 2 aromatic heterocycles. The van der Waals surface area contributed by atoms with Crippen molar-refractivity contribution in [3.05, 3.63) is 52.2 Å². The van der Waals surface area contributed by atoms with Crippen LogP contribution in [-0.2, 0) is 11.8 Å². The Morgan fingerprint density at radius 2 is 1.91 bits per heavy atom. The van der Waals surface area contributed by atoms with Gasteiger partial charge in [-0.25, -0.2) is 14.8 Å². The smallest absolute Gasteiger partial charge is 0.475 e. The first-order valence-electron chi connectivity index (χ1n) is 10.5. The lowest BCUT2D eigenvalue weighted by molar-refractivity contribution is -0.192. The molecule has 2 atom stereocenters. The highest BCUT2D eigenvalue weighted by molar-refractivity contribution is 5.93. The van der Waals surface area contributed by atoms with E-state index in [0.717, 1.165) is 37.9 Å². The number of fused-ring (bicyclic) bond motifs is 2. The van der Waals surface area contributed by atoms with Gasteiger partial charge in [-0.15, -0.1) is 0 Å². The molecule has 9 nitrogen and oxygen atoms in total. The molecule has 2 unspecified atom stereocenters. The highest BCUT2D eigenvalue weighted by atomic mass is 19.4. The number of H-pyrrole nitrogens is 1. The van der Waals surface area contributed by atoms with Crippen molar-refractivity contribution in [3.63, 3.8) is 0 Å². The molecule has 33 heavy (non-hydrogen) atoms. The van der Waals surface area contributed by atoms with Crippen LogP contribution < -0.4 is 5.56 Å². The van der Waals surface area contributed by atoms with E-state index in [9.17, 15) is 22.8 Å². The molecule has 3 aliphatic rings. The fraction of sp³-hybridized carbons (Fsp3) is 0.476. The Morgan fingerprint density at radius 3 is 2.45 bits per heavy atom. The van der Waals surface area contributed by atoms with Gasteiger partial charge in [-0.2, -0.15) is 13.2 Å². The van der Waals surface area contributed by atoms with E-state index in [-0.39, 0.29) is 29.2 Å². The van der Waals surface area contributed by atoms with Crippen LogP contribution in [0.1, 0.15) is 60.2 Å². The van der Waals surface area contributed by atoms with Gasteiger partial charge in [0.2, 0.25) is 0 Å². The largest absolute Gasteiger partial charge is 0.490 e. The number of rotatable bonds is 3. The molecule has 1 aliphatic carbocycles. The van der Waals surface area contributed by atoms with E-state index >= 15 is 0 Å². The van der Waals surface area contributed by atoms with Crippen LogP contribution in [0.2, 0.25) is 0 Å². The van der Waals surface area contributed by atoms with Crippen LogP contribution in [0, 0.1) is 0 Å². The average Bonchev–Trinajstić information content (AvgIpc) is 3.45. The number of hydrogen-bond donors (Lipinski definition) is 2. The summed E-state index contributed by atoms with van der Waals surface area (Å²) in [6, 6.07) is 1.54. The minimum Gasteiger partial charge on any atom is -0.475 e. The number of carbonyl (C=O) groups is 2. The van der Waals surface area contributed by atoms with Crippen molar-refractivity contribution in [2.45, 2.75) is 56.3 Å². The van der Waals surface area contributed by atoms with E-state index in [1.165, 1.54) is 11.6 Å². The van der Waals surface area contributed by atoms with Crippen molar-refractivity contribution in [1.82, 2.24) is 24.4 Å². The van der Waals surface area contributed by atoms with E-state index < -0.39 is 12.1 Å². The Morgan fingerprint density at radius 1 is 1.21 bits per heavy atom. The summed E-state index contributed by atoms with van der Waals surface area (Å²) in [6.07, 6.45) is 5.61. The van der Waals surface area contributed by atoms with Crippen LogP contribution in [0.15, 0.2) is 29.3 Å². The summed E-state index contributed by atoms with van der Waals surface area (Å²) in [5, 5.41) is 7.12. The maximum atomic E-state index is 13.1. The number of aryl methyl sites for hydroxylation is 1. The number of carboxylic acids is 1. The van der Waals surface area contributed by atoms with Crippen molar-refractivity contribution in [3.8, 4) is 0 Å². The normalized spacial score (nSPS) is 21.8. The van der Waals surface area contributed by atoms with E-state index in [1.807, 2.05) is 22.7 Å². The van der Waals surface area contributed by atoms with Crippen LogP contribution >= 0.6 is 0 Å². The second-order valence-electron chi connectivity index (χ2n) is 8.36. The first-order valence-corrected chi connectivity index (χ1v) is 10.5. The number of nitrogens with one attached hydrogen (secondary N) is 1. The zero-order valence-electron chi connectivity index (χ0n) is 17.7. The molecule has 2 fully saturated rings. The molecule has 1 amide bonds. The van der Waals surface area contributed by atoms with Gasteiger partial charge in [0.05, 0.1) is 6.04 Å². The van der Waals surface area contributed by atoms with Crippen molar-refractivity contribution in [2.75, 3.05) is 0 Å². The summed E-state index contributed by atoms with van der Waals surface area (Å²) in [5.74, 6) is -0.940. The molecule has 2 aliphatic heterocycles. The van der Waals surface area contributed by atoms with Crippen molar-refractivity contribution >= 4 is 17.4 Å². The zero-order valence-corrected chi connectivity index (χ0v) is 17.7. The van der Waals surface area contributed by atoms with Crippen LogP contribution in [0.3, 0.4) is 0 Å². The molecular weight excluding hydrogens is 443 g/mol. The third kappa shape index (κ3) is 4.83. The topological polar surface area (TPSA) is 121 Å².